The largest absolute Gasteiger partial charge is 0.327 e. The van der Waals surface area contributed by atoms with Crippen LogP contribution < -0.4 is 0 Å². The molecule has 0 aromatic rings. The number of carbonyl (C=O) groups excluding carboxylic acids is 1. The maximum absolute atomic E-state index is 10.6. The van der Waals surface area contributed by atoms with E-state index in [1.54, 1.807) is 7.11 Å². The molecule has 0 radical (unpaired) electrons. The van der Waals surface area contributed by atoms with Crippen molar-refractivity contribution in [3.05, 3.63) is 0 Å². The molecule has 1 heterocycles. The Balaban J connectivity index is 2.53. The lowest BCUT2D eigenvalue weighted by Crippen LogP contribution is -2.55. The molecular weight excluding hydrogens is 216 g/mol. The standard InChI is InChI=1S/C8H14N4O2S/c1-10(15-14-2)12-4-3-11(7-13)8(5-9)6-12/h7-8H,3-4,6H2,1-2H3/t8-/m1/s1. The van der Waals surface area contributed by atoms with Crippen molar-refractivity contribution >= 4 is 18.6 Å². The van der Waals surface area contributed by atoms with Gasteiger partial charge in [0.05, 0.1) is 25.4 Å². The van der Waals surface area contributed by atoms with Gasteiger partial charge < -0.3 is 9.08 Å². The zero-order valence-corrected chi connectivity index (χ0v) is 9.61. The van der Waals surface area contributed by atoms with Gasteiger partial charge in [0.2, 0.25) is 6.41 Å². The van der Waals surface area contributed by atoms with Crippen molar-refractivity contribution in [3.8, 4) is 6.07 Å². The Hall–Kier alpha value is -0.810. The summed E-state index contributed by atoms with van der Waals surface area (Å²) in [5, 5.41) is 10.9. The minimum absolute atomic E-state index is 0.379. The lowest BCUT2D eigenvalue weighted by atomic mass is 10.2. The topological polar surface area (TPSA) is 59.8 Å². The first-order chi connectivity index (χ1) is 7.22. The van der Waals surface area contributed by atoms with Crippen LogP contribution in [-0.4, -0.2) is 60.6 Å². The molecule has 1 saturated heterocycles. The van der Waals surface area contributed by atoms with Crippen LogP contribution in [-0.2, 0) is 8.98 Å². The molecule has 0 saturated carbocycles. The monoisotopic (exact) mass is 230 g/mol. The number of hydrazine groups is 1. The molecule has 0 aliphatic carbocycles. The molecule has 1 aliphatic rings. The quantitative estimate of drug-likeness (QED) is 0.376. The van der Waals surface area contributed by atoms with E-state index in [2.05, 4.69) is 6.07 Å². The maximum Gasteiger partial charge on any atom is 0.210 e. The molecule has 0 spiro atoms. The van der Waals surface area contributed by atoms with E-state index in [9.17, 15) is 4.79 Å². The summed E-state index contributed by atoms with van der Waals surface area (Å²) in [5.74, 6) is 0. The molecule has 6 nitrogen and oxygen atoms in total. The molecule has 7 heteroatoms. The van der Waals surface area contributed by atoms with Crippen molar-refractivity contribution in [2.24, 2.45) is 0 Å². The molecule has 0 N–H and O–H groups in total. The normalized spacial score (nSPS) is 22.8. The Kier molecular flexibility index (Phi) is 4.84. The Bertz CT molecular complexity index is 258. The van der Waals surface area contributed by atoms with E-state index >= 15 is 0 Å². The van der Waals surface area contributed by atoms with Crippen molar-refractivity contribution < 1.29 is 8.98 Å². The molecule has 1 rings (SSSR count). The van der Waals surface area contributed by atoms with Crippen molar-refractivity contribution in [2.75, 3.05) is 33.8 Å². The number of amides is 1. The van der Waals surface area contributed by atoms with E-state index in [4.69, 9.17) is 9.44 Å². The smallest absolute Gasteiger partial charge is 0.210 e. The van der Waals surface area contributed by atoms with Gasteiger partial charge in [-0.05, 0) is 0 Å². The highest BCUT2D eigenvalue weighted by atomic mass is 32.2. The van der Waals surface area contributed by atoms with Crippen LogP contribution in [0.2, 0.25) is 0 Å². The highest BCUT2D eigenvalue weighted by molar-refractivity contribution is 7.92. The summed E-state index contributed by atoms with van der Waals surface area (Å²) in [6.07, 6.45) is 0.731. The Morgan fingerprint density at radius 3 is 2.93 bits per heavy atom. The van der Waals surface area contributed by atoms with Crippen molar-refractivity contribution in [1.82, 2.24) is 14.3 Å². The van der Waals surface area contributed by atoms with E-state index in [1.165, 1.54) is 17.1 Å². The number of nitriles is 1. The Morgan fingerprint density at radius 2 is 2.40 bits per heavy atom. The summed E-state index contributed by atoms with van der Waals surface area (Å²) in [6, 6.07) is 1.73. The second-order valence-electron chi connectivity index (χ2n) is 3.11. The van der Waals surface area contributed by atoms with Crippen molar-refractivity contribution in [3.63, 3.8) is 0 Å². The fourth-order valence-electron chi connectivity index (χ4n) is 1.43. The van der Waals surface area contributed by atoms with E-state index in [0.29, 0.717) is 19.6 Å². The van der Waals surface area contributed by atoms with Crippen LogP contribution in [0.15, 0.2) is 0 Å². The number of hydrogen-bond donors (Lipinski definition) is 0. The third-order valence-corrected chi connectivity index (χ3v) is 2.86. The summed E-state index contributed by atoms with van der Waals surface area (Å²) >= 11 is 1.20. The fourth-order valence-corrected chi connectivity index (χ4v) is 1.89. The van der Waals surface area contributed by atoms with Gasteiger partial charge in [0.1, 0.15) is 6.04 Å². The molecule has 1 amide bonds. The van der Waals surface area contributed by atoms with Crippen LogP contribution >= 0.6 is 12.2 Å². The maximum atomic E-state index is 10.6. The van der Waals surface area contributed by atoms with Crippen LogP contribution in [0.4, 0.5) is 0 Å². The van der Waals surface area contributed by atoms with Gasteiger partial charge in [0, 0.05) is 26.7 Å². The first-order valence-electron chi connectivity index (χ1n) is 4.53. The first-order valence-corrected chi connectivity index (χ1v) is 5.22. The van der Waals surface area contributed by atoms with Gasteiger partial charge in [-0.15, -0.1) is 0 Å². The average molecular weight is 230 g/mol. The molecule has 1 fully saturated rings. The molecule has 1 atom stereocenters. The Labute approximate surface area is 93.7 Å². The third-order valence-electron chi connectivity index (χ3n) is 2.27. The molecule has 0 aromatic carbocycles. The second kappa shape index (κ2) is 5.92. The first kappa shape index (κ1) is 12.3. The third kappa shape index (κ3) is 3.07. The van der Waals surface area contributed by atoms with E-state index in [0.717, 1.165) is 6.41 Å². The van der Waals surface area contributed by atoms with Crippen molar-refractivity contribution in [1.29, 1.82) is 5.26 Å². The predicted molar refractivity (Wildman–Crippen MR) is 56.1 cm³/mol. The molecule has 0 bridgehead atoms. The summed E-state index contributed by atoms with van der Waals surface area (Å²) < 4.78 is 6.74. The summed E-state index contributed by atoms with van der Waals surface area (Å²) in [4.78, 5) is 12.2. The van der Waals surface area contributed by atoms with Gasteiger partial charge in [-0.3, -0.25) is 4.79 Å². The van der Waals surface area contributed by atoms with Gasteiger partial charge in [-0.1, -0.05) is 0 Å². The molecule has 1 aliphatic heterocycles. The summed E-state index contributed by atoms with van der Waals surface area (Å²) in [7, 11) is 3.45. The predicted octanol–water partition coefficient (Wildman–Crippen LogP) is -0.291. The van der Waals surface area contributed by atoms with Crippen LogP contribution in [0.3, 0.4) is 0 Å². The molecule has 15 heavy (non-hydrogen) atoms. The SMILES string of the molecule is COSN(C)N1CCN(C=O)[C@H](C#N)C1. The van der Waals surface area contributed by atoms with Gasteiger partial charge >= 0.3 is 0 Å². The van der Waals surface area contributed by atoms with Gasteiger partial charge in [0.25, 0.3) is 0 Å². The lowest BCUT2D eigenvalue weighted by molar-refractivity contribution is -0.123. The average Bonchev–Trinajstić information content (AvgIpc) is 2.28. The molecular formula is C8H14N4O2S. The minimum atomic E-state index is -0.379. The number of piperazine rings is 1. The van der Waals surface area contributed by atoms with E-state index in [-0.39, 0.29) is 6.04 Å². The van der Waals surface area contributed by atoms with Crippen LogP contribution in [0.5, 0.6) is 0 Å². The van der Waals surface area contributed by atoms with Gasteiger partial charge in [-0.25, -0.2) is 5.01 Å². The summed E-state index contributed by atoms with van der Waals surface area (Å²) in [6.45, 7) is 1.79. The van der Waals surface area contributed by atoms with Gasteiger partial charge in [0.15, 0.2) is 0 Å². The van der Waals surface area contributed by atoms with Crippen LogP contribution in [0.25, 0.3) is 0 Å². The van der Waals surface area contributed by atoms with Crippen LogP contribution in [0.1, 0.15) is 0 Å². The Morgan fingerprint density at radius 1 is 1.67 bits per heavy atom. The van der Waals surface area contributed by atoms with Gasteiger partial charge in [-0.2, -0.15) is 9.68 Å². The molecule has 0 unspecified atom stereocenters. The van der Waals surface area contributed by atoms with E-state index in [1.807, 2.05) is 16.5 Å². The summed E-state index contributed by atoms with van der Waals surface area (Å²) in [5.41, 5.74) is 0. The number of nitrogens with zero attached hydrogens (tertiary/aromatic N) is 4. The van der Waals surface area contributed by atoms with Crippen molar-refractivity contribution in [2.45, 2.75) is 6.04 Å². The lowest BCUT2D eigenvalue weighted by Gasteiger charge is -2.39. The zero-order valence-electron chi connectivity index (χ0n) is 8.79. The highest BCUT2D eigenvalue weighted by Gasteiger charge is 2.28. The number of carbonyl (C=O) groups is 1. The fraction of sp³-hybridized carbons (Fsp3) is 0.750. The molecule has 0 aromatic heterocycles. The number of hydrogen-bond acceptors (Lipinski definition) is 6. The number of rotatable bonds is 4. The second-order valence-corrected chi connectivity index (χ2v) is 4.12. The zero-order chi connectivity index (χ0) is 11.3. The van der Waals surface area contributed by atoms with E-state index < -0.39 is 0 Å². The highest BCUT2D eigenvalue weighted by Crippen LogP contribution is 2.15. The minimum Gasteiger partial charge on any atom is -0.327 e. The van der Waals surface area contributed by atoms with Crippen LogP contribution in [0, 0.1) is 11.3 Å². The molecule has 84 valence electrons.